The number of rotatable bonds is 6. The van der Waals surface area contributed by atoms with E-state index in [9.17, 15) is 22.8 Å². The quantitative estimate of drug-likeness (QED) is 0.571. The normalized spacial score (nSPS) is 10.9. The van der Waals surface area contributed by atoms with Gasteiger partial charge in [-0.2, -0.15) is 13.2 Å². The summed E-state index contributed by atoms with van der Waals surface area (Å²) in [5.74, 6) is -1.06. The zero-order valence-corrected chi connectivity index (χ0v) is 16.0. The monoisotopic (exact) mass is 413 g/mol. The third-order valence-corrected chi connectivity index (χ3v) is 3.67. The first-order chi connectivity index (χ1) is 13.6. The average Bonchev–Trinajstić information content (AvgIpc) is 2.65. The zero-order chi connectivity index (χ0) is 21.8. The van der Waals surface area contributed by atoms with Crippen molar-refractivity contribution in [3.05, 3.63) is 41.5 Å². The van der Waals surface area contributed by atoms with Crippen LogP contribution in [0.4, 0.5) is 18.9 Å². The van der Waals surface area contributed by atoms with E-state index in [0.717, 1.165) is 19.1 Å². The Labute approximate surface area is 164 Å². The number of nitrogens with one attached hydrogen (secondary N) is 1. The summed E-state index contributed by atoms with van der Waals surface area (Å²) in [6.45, 7) is 1.13. The number of hydrogen-bond acceptors (Lipinski definition) is 6. The molecule has 29 heavy (non-hydrogen) atoms. The molecule has 10 heteroatoms. The molecule has 0 saturated heterocycles. The first kappa shape index (κ1) is 21.9. The molecule has 2 aromatic carbocycles. The third kappa shape index (κ3) is 5.31. The number of esters is 1. The van der Waals surface area contributed by atoms with Gasteiger partial charge in [0.1, 0.15) is 5.75 Å². The Balaban J connectivity index is 2.43. The van der Waals surface area contributed by atoms with Crippen LogP contribution in [0.15, 0.2) is 30.3 Å². The lowest BCUT2D eigenvalue weighted by atomic mass is 10.1. The summed E-state index contributed by atoms with van der Waals surface area (Å²) < 4.78 is 60.0. The van der Waals surface area contributed by atoms with Crippen molar-refractivity contribution in [1.29, 1.82) is 0 Å². The SMILES string of the molecule is COc1cc(OC(=O)c2cc(NC(C)=O)cc(C(F)(F)F)c2)cc(OC)c1OC. The fourth-order valence-corrected chi connectivity index (χ4v) is 2.47. The Morgan fingerprint density at radius 2 is 1.48 bits per heavy atom. The van der Waals surface area contributed by atoms with E-state index in [2.05, 4.69) is 5.32 Å². The van der Waals surface area contributed by atoms with Gasteiger partial charge < -0.3 is 24.3 Å². The molecule has 0 aromatic heterocycles. The van der Waals surface area contributed by atoms with E-state index in [0.29, 0.717) is 6.07 Å². The van der Waals surface area contributed by atoms with Gasteiger partial charge in [-0.3, -0.25) is 4.79 Å². The maximum atomic E-state index is 13.1. The summed E-state index contributed by atoms with van der Waals surface area (Å²) in [6.07, 6.45) is -4.73. The van der Waals surface area contributed by atoms with Crippen molar-refractivity contribution in [2.24, 2.45) is 0 Å². The molecule has 0 heterocycles. The number of carbonyl (C=O) groups is 2. The number of methoxy groups -OCH3 is 3. The highest BCUT2D eigenvalue weighted by Crippen LogP contribution is 2.41. The Morgan fingerprint density at radius 1 is 0.897 bits per heavy atom. The molecule has 0 aliphatic heterocycles. The highest BCUT2D eigenvalue weighted by Gasteiger charge is 2.32. The summed E-state index contributed by atoms with van der Waals surface area (Å²) in [4.78, 5) is 23.7. The number of ether oxygens (including phenoxy) is 4. The van der Waals surface area contributed by atoms with Crippen LogP contribution in [0.3, 0.4) is 0 Å². The molecule has 0 saturated carbocycles. The van der Waals surface area contributed by atoms with E-state index >= 15 is 0 Å². The van der Waals surface area contributed by atoms with Crippen molar-refractivity contribution >= 4 is 17.6 Å². The Bertz CT molecular complexity index is 902. The van der Waals surface area contributed by atoms with Gasteiger partial charge in [0, 0.05) is 24.7 Å². The second kappa shape index (κ2) is 8.72. The van der Waals surface area contributed by atoms with Crippen LogP contribution in [0.2, 0.25) is 0 Å². The largest absolute Gasteiger partial charge is 0.493 e. The minimum atomic E-state index is -4.73. The molecule has 0 radical (unpaired) electrons. The van der Waals surface area contributed by atoms with Gasteiger partial charge in [0.05, 0.1) is 32.5 Å². The molecule has 0 atom stereocenters. The lowest BCUT2D eigenvalue weighted by molar-refractivity contribution is -0.137. The predicted molar refractivity (Wildman–Crippen MR) is 96.8 cm³/mol. The molecule has 0 aliphatic carbocycles. The highest BCUT2D eigenvalue weighted by atomic mass is 19.4. The number of hydrogen-bond donors (Lipinski definition) is 1. The maximum absolute atomic E-state index is 13.1. The molecular formula is C19H18F3NO6. The summed E-state index contributed by atoms with van der Waals surface area (Å²) >= 11 is 0. The Hall–Kier alpha value is -3.43. The van der Waals surface area contributed by atoms with Gasteiger partial charge in [-0.25, -0.2) is 4.79 Å². The fourth-order valence-electron chi connectivity index (χ4n) is 2.47. The lowest BCUT2D eigenvalue weighted by Crippen LogP contribution is -2.14. The third-order valence-electron chi connectivity index (χ3n) is 3.67. The van der Waals surface area contributed by atoms with E-state index in [1.807, 2.05) is 0 Å². The van der Waals surface area contributed by atoms with Crippen molar-refractivity contribution in [3.63, 3.8) is 0 Å². The number of alkyl halides is 3. The van der Waals surface area contributed by atoms with Crippen LogP contribution in [0.25, 0.3) is 0 Å². The van der Waals surface area contributed by atoms with Crippen LogP contribution in [0.5, 0.6) is 23.0 Å². The van der Waals surface area contributed by atoms with Crippen LogP contribution in [-0.4, -0.2) is 33.2 Å². The van der Waals surface area contributed by atoms with Gasteiger partial charge >= 0.3 is 12.1 Å². The molecule has 0 spiro atoms. The first-order valence-corrected chi connectivity index (χ1v) is 8.11. The molecule has 7 nitrogen and oxygen atoms in total. The molecule has 1 N–H and O–H groups in total. The van der Waals surface area contributed by atoms with Crippen molar-refractivity contribution in [1.82, 2.24) is 0 Å². The molecule has 156 valence electrons. The predicted octanol–water partition coefficient (Wildman–Crippen LogP) is 3.91. The van der Waals surface area contributed by atoms with Gasteiger partial charge in [0.15, 0.2) is 11.5 Å². The number of halogens is 3. The second-order valence-corrected chi connectivity index (χ2v) is 5.73. The molecule has 0 aliphatic rings. The maximum Gasteiger partial charge on any atom is 0.416 e. The van der Waals surface area contributed by atoms with Crippen LogP contribution in [-0.2, 0) is 11.0 Å². The molecule has 0 unspecified atom stereocenters. The van der Waals surface area contributed by atoms with Gasteiger partial charge in [-0.05, 0) is 18.2 Å². The minimum Gasteiger partial charge on any atom is -0.493 e. The van der Waals surface area contributed by atoms with Gasteiger partial charge in [0.2, 0.25) is 11.7 Å². The summed E-state index contributed by atoms with van der Waals surface area (Å²) in [7, 11) is 4.10. The number of benzene rings is 2. The molecular weight excluding hydrogens is 395 g/mol. The molecule has 2 aromatic rings. The number of amides is 1. The van der Waals surface area contributed by atoms with Crippen molar-refractivity contribution in [2.45, 2.75) is 13.1 Å². The number of anilines is 1. The average molecular weight is 413 g/mol. The molecule has 0 fully saturated rings. The first-order valence-electron chi connectivity index (χ1n) is 8.11. The fraction of sp³-hybridized carbons (Fsp3) is 0.263. The Kier molecular flexibility index (Phi) is 6.57. The van der Waals surface area contributed by atoms with E-state index < -0.39 is 29.2 Å². The smallest absolute Gasteiger partial charge is 0.416 e. The van der Waals surface area contributed by atoms with Gasteiger partial charge in [-0.15, -0.1) is 0 Å². The van der Waals surface area contributed by atoms with Crippen LogP contribution >= 0.6 is 0 Å². The van der Waals surface area contributed by atoms with Gasteiger partial charge in [-0.1, -0.05) is 0 Å². The van der Waals surface area contributed by atoms with Crippen molar-refractivity contribution in [3.8, 4) is 23.0 Å². The van der Waals surface area contributed by atoms with Crippen molar-refractivity contribution < 1.29 is 41.7 Å². The summed E-state index contributed by atoms with van der Waals surface area (Å²) in [5.41, 5.74) is -1.71. The van der Waals surface area contributed by atoms with Crippen LogP contribution < -0.4 is 24.3 Å². The standard InChI is InChI=1S/C19H18F3NO6/c1-10(24)23-13-6-11(5-12(7-13)19(20,21)22)18(25)29-14-8-15(26-2)17(28-4)16(9-14)27-3/h5-9H,1-4H3,(H,23,24). The van der Waals surface area contributed by atoms with E-state index in [-0.39, 0.29) is 28.7 Å². The Morgan fingerprint density at radius 3 is 1.93 bits per heavy atom. The van der Waals surface area contributed by atoms with Crippen LogP contribution in [0.1, 0.15) is 22.8 Å². The number of carbonyl (C=O) groups excluding carboxylic acids is 2. The van der Waals surface area contributed by atoms with E-state index in [4.69, 9.17) is 18.9 Å². The van der Waals surface area contributed by atoms with Crippen LogP contribution in [0, 0.1) is 0 Å². The molecule has 1 amide bonds. The molecule has 2 rings (SSSR count). The summed E-state index contributed by atoms with van der Waals surface area (Å²) in [5, 5.41) is 2.22. The second-order valence-electron chi connectivity index (χ2n) is 5.73. The highest BCUT2D eigenvalue weighted by molar-refractivity contribution is 5.95. The summed E-state index contributed by atoms with van der Waals surface area (Å²) in [6, 6.07) is 5.07. The van der Waals surface area contributed by atoms with Gasteiger partial charge in [0.25, 0.3) is 0 Å². The van der Waals surface area contributed by atoms with Crippen molar-refractivity contribution in [2.75, 3.05) is 26.6 Å². The lowest BCUT2D eigenvalue weighted by Gasteiger charge is -2.15. The molecule has 0 bridgehead atoms. The zero-order valence-electron chi connectivity index (χ0n) is 16.0. The topological polar surface area (TPSA) is 83.1 Å². The van der Waals surface area contributed by atoms with E-state index in [1.165, 1.54) is 33.5 Å². The van der Waals surface area contributed by atoms with E-state index in [1.54, 1.807) is 0 Å². The minimum absolute atomic E-state index is 0.0389.